The highest BCUT2D eigenvalue weighted by atomic mass is 16.2. The molecule has 11 N–H and O–H groups in total. The van der Waals surface area contributed by atoms with Crippen molar-refractivity contribution in [1.29, 1.82) is 5.41 Å². The Morgan fingerprint density at radius 1 is 1.02 bits per heavy atom. The van der Waals surface area contributed by atoms with Gasteiger partial charge in [-0.1, -0.05) is 48.5 Å². The van der Waals surface area contributed by atoms with Crippen molar-refractivity contribution in [2.45, 2.75) is 44.3 Å². The van der Waals surface area contributed by atoms with Crippen molar-refractivity contribution >= 4 is 35.4 Å². The van der Waals surface area contributed by atoms with Gasteiger partial charge in [0.05, 0.1) is 0 Å². The number of benzene rings is 2. The highest BCUT2D eigenvalue weighted by Crippen LogP contribution is 2.26. The molecule has 0 bridgehead atoms. The van der Waals surface area contributed by atoms with E-state index in [1.54, 1.807) is 24.3 Å². The number of nitrogens with two attached hydrogens (primary N) is 4. The first-order valence-corrected chi connectivity index (χ1v) is 13.2. The number of guanidine groups is 1. The van der Waals surface area contributed by atoms with Gasteiger partial charge >= 0.3 is 0 Å². The fraction of sp³-hybridized carbons (Fsp3) is 0.357. The number of hydrogen-bond acceptors (Lipinski definition) is 6. The molecule has 0 fully saturated rings. The molecule has 0 aromatic heterocycles. The second-order valence-electron chi connectivity index (χ2n) is 9.85. The number of aliphatic imine (C=N–C) groups is 1. The first-order chi connectivity index (χ1) is 19.5. The summed E-state index contributed by atoms with van der Waals surface area (Å²) < 4.78 is 0. The van der Waals surface area contributed by atoms with Crippen LogP contribution in [0.4, 0.5) is 0 Å². The molecule has 0 radical (unpaired) electrons. The molecule has 3 atom stereocenters. The van der Waals surface area contributed by atoms with Crippen molar-refractivity contribution in [3.8, 4) is 0 Å². The van der Waals surface area contributed by atoms with Gasteiger partial charge in [-0.05, 0) is 36.0 Å². The third-order valence-electron chi connectivity index (χ3n) is 7.01. The van der Waals surface area contributed by atoms with E-state index < -0.39 is 41.6 Å². The van der Waals surface area contributed by atoms with Crippen molar-refractivity contribution in [2.24, 2.45) is 33.8 Å². The Kier molecular flexibility index (Phi) is 10.4. The van der Waals surface area contributed by atoms with E-state index in [1.807, 2.05) is 24.3 Å². The first kappa shape index (κ1) is 30.6. The summed E-state index contributed by atoms with van der Waals surface area (Å²) in [6.45, 7) is 0.361. The van der Waals surface area contributed by atoms with Crippen LogP contribution in [-0.4, -0.2) is 66.0 Å². The van der Waals surface area contributed by atoms with E-state index in [2.05, 4.69) is 15.6 Å². The summed E-state index contributed by atoms with van der Waals surface area (Å²) in [5.41, 5.74) is 24.7. The second-order valence-corrected chi connectivity index (χ2v) is 9.85. The molecule has 13 heteroatoms. The molecule has 1 unspecified atom stereocenters. The van der Waals surface area contributed by atoms with Crippen molar-refractivity contribution in [3.05, 3.63) is 70.8 Å². The minimum atomic E-state index is -1.13. The van der Waals surface area contributed by atoms with Gasteiger partial charge in [0.2, 0.25) is 23.6 Å². The van der Waals surface area contributed by atoms with Crippen LogP contribution in [0.3, 0.4) is 0 Å². The van der Waals surface area contributed by atoms with Gasteiger partial charge in [0.15, 0.2) is 5.96 Å². The molecule has 0 spiro atoms. The Balaban J connectivity index is 1.88. The summed E-state index contributed by atoms with van der Waals surface area (Å²) >= 11 is 0. The molecule has 1 aliphatic heterocycles. The lowest BCUT2D eigenvalue weighted by atomic mass is 9.90. The summed E-state index contributed by atoms with van der Waals surface area (Å²) in [4.78, 5) is 57.9. The van der Waals surface area contributed by atoms with Gasteiger partial charge in [0.25, 0.3) is 0 Å². The van der Waals surface area contributed by atoms with Crippen LogP contribution in [0, 0.1) is 11.3 Å². The molecule has 3 rings (SSSR count). The largest absolute Gasteiger partial charge is 0.384 e. The first-order valence-electron chi connectivity index (χ1n) is 13.2. The van der Waals surface area contributed by atoms with E-state index in [-0.39, 0.29) is 44.1 Å². The Hall–Kier alpha value is -4.94. The minimum absolute atomic E-state index is 0.0673. The highest BCUT2D eigenvalue weighted by molar-refractivity contribution is 6.02. The van der Waals surface area contributed by atoms with Crippen molar-refractivity contribution < 1.29 is 19.2 Å². The summed E-state index contributed by atoms with van der Waals surface area (Å²) in [5.74, 6) is -3.62. The fourth-order valence-electron chi connectivity index (χ4n) is 4.77. The van der Waals surface area contributed by atoms with Crippen LogP contribution in [0.15, 0.2) is 53.5 Å². The van der Waals surface area contributed by atoms with Gasteiger partial charge in [-0.25, -0.2) is 0 Å². The predicted molar refractivity (Wildman–Crippen MR) is 154 cm³/mol. The Morgan fingerprint density at radius 3 is 2.27 bits per heavy atom. The number of hydrogen-bond donors (Lipinski definition) is 7. The molecule has 2 aromatic rings. The molecule has 41 heavy (non-hydrogen) atoms. The lowest BCUT2D eigenvalue weighted by Gasteiger charge is -2.38. The van der Waals surface area contributed by atoms with Crippen LogP contribution in [0.25, 0.3) is 0 Å². The van der Waals surface area contributed by atoms with Crippen molar-refractivity contribution in [1.82, 2.24) is 15.5 Å². The number of amides is 4. The van der Waals surface area contributed by atoms with Gasteiger partial charge < -0.3 is 38.5 Å². The zero-order chi connectivity index (χ0) is 30.1. The molecule has 13 nitrogen and oxygen atoms in total. The van der Waals surface area contributed by atoms with Crippen LogP contribution in [0.5, 0.6) is 0 Å². The molecule has 0 saturated heterocycles. The predicted octanol–water partition coefficient (Wildman–Crippen LogP) is -1.15. The third kappa shape index (κ3) is 8.03. The number of nitrogen functional groups attached to an aromatic ring is 1. The monoisotopic (exact) mass is 563 g/mol. The number of fused-ring (bicyclic) bond motifs is 1. The quantitative estimate of drug-likeness (QED) is 0.0724. The van der Waals surface area contributed by atoms with E-state index in [1.165, 1.54) is 11.9 Å². The maximum atomic E-state index is 14.0. The smallest absolute Gasteiger partial charge is 0.243 e. The van der Waals surface area contributed by atoms with Crippen LogP contribution in [0.2, 0.25) is 0 Å². The number of carbonyl (C=O) groups is 4. The molecule has 0 aliphatic carbocycles. The Morgan fingerprint density at radius 2 is 1.68 bits per heavy atom. The van der Waals surface area contributed by atoms with Gasteiger partial charge in [-0.15, -0.1) is 0 Å². The van der Waals surface area contributed by atoms with Gasteiger partial charge in [-0.3, -0.25) is 29.6 Å². The van der Waals surface area contributed by atoms with Crippen molar-refractivity contribution in [3.63, 3.8) is 0 Å². The van der Waals surface area contributed by atoms with Crippen LogP contribution >= 0.6 is 0 Å². The SMILES string of the molecule is CNC(=O)[C@H](Cc1ccc(C(=N)N)cc1)C(=O)N1Cc2ccccc2CC1C(=O)N[C@@H](CCCN=C(N)N)C(N)=O. The third-order valence-corrected chi connectivity index (χ3v) is 7.01. The standard InChI is InChI=1S/C28H37N9O4/c1-34-25(39)20(13-16-8-10-17(11-9-16)23(29)30)27(41)37-15-19-6-3-2-5-18(19)14-22(37)26(40)36-21(24(31)38)7-4-12-35-28(32)33/h2-3,5-6,8-11,20-22H,4,7,12-15H2,1H3,(H3,29,30)(H2,31,38)(H,34,39)(H,36,40)(H4,32,33,35)/t20-,21-,22?/m0/s1. The number of primary amides is 1. The van der Waals surface area contributed by atoms with Crippen molar-refractivity contribution in [2.75, 3.05) is 13.6 Å². The van der Waals surface area contributed by atoms with Gasteiger partial charge in [0, 0.05) is 32.1 Å². The highest BCUT2D eigenvalue weighted by Gasteiger charge is 2.40. The van der Waals surface area contributed by atoms with E-state index in [0.717, 1.165) is 11.1 Å². The molecule has 4 amide bonds. The molecular formula is C28H37N9O4. The van der Waals surface area contributed by atoms with Crippen LogP contribution in [0.1, 0.15) is 35.1 Å². The van der Waals surface area contributed by atoms with Gasteiger partial charge in [-0.2, -0.15) is 0 Å². The fourth-order valence-corrected chi connectivity index (χ4v) is 4.77. The van der Waals surface area contributed by atoms with E-state index >= 15 is 0 Å². The zero-order valence-corrected chi connectivity index (χ0v) is 22.9. The van der Waals surface area contributed by atoms with E-state index in [4.69, 9.17) is 28.3 Å². The maximum absolute atomic E-state index is 14.0. The lowest BCUT2D eigenvalue weighted by molar-refractivity contribution is -0.149. The summed E-state index contributed by atoms with van der Waals surface area (Å²) in [6, 6.07) is 12.2. The topological polar surface area (TPSA) is 236 Å². The Bertz CT molecular complexity index is 1320. The van der Waals surface area contributed by atoms with Crippen LogP contribution < -0.4 is 33.6 Å². The molecule has 2 aromatic carbocycles. The maximum Gasteiger partial charge on any atom is 0.243 e. The zero-order valence-electron chi connectivity index (χ0n) is 22.9. The average Bonchev–Trinajstić information content (AvgIpc) is 2.95. The molecular weight excluding hydrogens is 526 g/mol. The van der Waals surface area contributed by atoms with E-state index in [0.29, 0.717) is 17.5 Å². The molecule has 0 saturated carbocycles. The molecule has 1 heterocycles. The minimum Gasteiger partial charge on any atom is -0.384 e. The second kappa shape index (κ2) is 13.9. The van der Waals surface area contributed by atoms with Gasteiger partial charge in [0.1, 0.15) is 23.8 Å². The number of carbonyl (C=O) groups excluding carboxylic acids is 4. The summed E-state index contributed by atoms with van der Waals surface area (Å²) in [7, 11) is 1.44. The Labute approximate surface area is 238 Å². The van der Waals surface area contributed by atoms with E-state index in [9.17, 15) is 19.2 Å². The molecule has 218 valence electrons. The molecule has 1 aliphatic rings. The number of rotatable bonds is 12. The average molecular weight is 564 g/mol. The summed E-state index contributed by atoms with van der Waals surface area (Å²) in [6.07, 6.45) is 0.855. The number of nitrogens with one attached hydrogen (secondary N) is 3. The summed E-state index contributed by atoms with van der Waals surface area (Å²) in [5, 5.41) is 12.8. The van der Waals surface area contributed by atoms with Crippen LogP contribution in [-0.2, 0) is 38.6 Å². The number of nitrogens with zero attached hydrogens (tertiary/aromatic N) is 2. The lowest BCUT2D eigenvalue weighted by Crippen LogP contribution is -2.58. The number of amidine groups is 1. The normalized spacial score (nSPS) is 15.5.